The first-order valence-electron chi connectivity index (χ1n) is 8.02. The fourth-order valence-electron chi connectivity index (χ4n) is 2.60. The number of rotatable bonds is 5. The van der Waals surface area contributed by atoms with Crippen molar-refractivity contribution in [1.82, 2.24) is 0 Å². The van der Waals surface area contributed by atoms with Crippen molar-refractivity contribution in [2.45, 2.75) is 47.1 Å². The van der Waals surface area contributed by atoms with Crippen LogP contribution >= 0.6 is 0 Å². The first-order chi connectivity index (χ1) is 10.9. The summed E-state index contributed by atoms with van der Waals surface area (Å²) < 4.78 is 5.96. The molecule has 1 atom stereocenters. The summed E-state index contributed by atoms with van der Waals surface area (Å²) in [5, 5.41) is 2.96. The number of nitrogens with one attached hydrogen (secondary N) is 1. The van der Waals surface area contributed by atoms with Crippen molar-refractivity contribution in [3.8, 4) is 5.75 Å². The van der Waals surface area contributed by atoms with Gasteiger partial charge in [0.2, 0.25) is 0 Å². The average Bonchev–Trinajstić information content (AvgIpc) is 2.47. The van der Waals surface area contributed by atoms with Crippen molar-refractivity contribution in [2.24, 2.45) is 0 Å². The molecular formula is C20H25NO2. The summed E-state index contributed by atoms with van der Waals surface area (Å²) in [7, 11) is 0. The molecule has 3 nitrogen and oxygen atoms in total. The highest BCUT2D eigenvalue weighted by Crippen LogP contribution is 2.23. The predicted octanol–water partition coefficient (Wildman–Crippen LogP) is 4.72. The highest BCUT2D eigenvalue weighted by atomic mass is 16.5. The van der Waals surface area contributed by atoms with Crippen molar-refractivity contribution in [3.05, 3.63) is 58.7 Å². The van der Waals surface area contributed by atoms with Crippen LogP contribution in [0.15, 0.2) is 36.4 Å². The minimum absolute atomic E-state index is 0.113. The van der Waals surface area contributed by atoms with E-state index in [0.717, 1.165) is 33.7 Å². The van der Waals surface area contributed by atoms with Crippen LogP contribution in [-0.4, -0.2) is 12.0 Å². The molecule has 0 saturated heterocycles. The van der Waals surface area contributed by atoms with Gasteiger partial charge in [0.1, 0.15) is 5.75 Å². The Morgan fingerprint density at radius 1 is 1.09 bits per heavy atom. The number of hydrogen-bond acceptors (Lipinski definition) is 2. The van der Waals surface area contributed by atoms with Gasteiger partial charge < -0.3 is 10.1 Å². The van der Waals surface area contributed by atoms with Gasteiger partial charge in [-0.15, -0.1) is 0 Å². The number of anilines is 1. The van der Waals surface area contributed by atoms with Crippen LogP contribution in [0.1, 0.15) is 35.6 Å². The van der Waals surface area contributed by atoms with Gasteiger partial charge in [0.15, 0.2) is 6.10 Å². The number of carbonyl (C=O) groups is 1. The molecule has 0 radical (unpaired) electrons. The second-order valence-electron chi connectivity index (χ2n) is 6.08. The Kier molecular flexibility index (Phi) is 5.43. The van der Waals surface area contributed by atoms with Crippen LogP contribution in [0, 0.1) is 27.7 Å². The molecule has 3 heteroatoms. The summed E-state index contributed by atoms with van der Waals surface area (Å²) >= 11 is 0. The minimum Gasteiger partial charge on any atom is -0.480 e. The lowest BCUT2D eigenvalue weighted by atomic mass is 10.1. The maximum atomic E-state index is 12.5. The molecule has 2 aromatic rings. The quantitative estimate of drug-likeness (QED) is 0.868. The van der Waals surface area contributed by atoms with Gasteiger partial charge in [-0.25, -0.2) is 0 Å². The second-order valence-corrected chi connectivity index (χ2v) is 6.08. The number of aryl methyl sites for hydroxylation is 3. The molecule has 23 heavy (non-hydrogen) atoms. The second kappa shape index (κ2) is 7.32. The van der Waals surface area contributed by atoms with Gasteiger partial charge in [-0.05, 0) is 74.6 Å². The molecule has 0 fully saturated rings. The molecule has 2 aromatic carbocycles. The molecule has 0 aliphatic rings. The Morgan fingerprint density at radius 2 is 1.74 bits per heavy atom. The molecule has 0 aliphatic heterocycles. The lowest BCUT2D eigenvalue weighted by Crippen LogP contribution is -2.32. The SMILES string of the molecule is CCC(Oc1cccc(C)c1C)C(=O)Nc1cc(C)cc(C)c1. The monoisotopic (exact) mass is 311 g/mol. The molecule has 0 aromatic heterocycles. The van der Waals surface area contributed by atoms with Crippen LogP contribution in [0.4, 0.5) is 5.69 Å². The maximum Gasteiger partial charge on any atom is 0.265 e. The summed E-state index contributed by atoms with van der Waals surface area (Å²) in [5.74, 6) is 0.658. The number of benzene rings is 2. The molecule has 1 unspecified atom stereocenters. The van der Waals surface area contributed by atoms with E-state index in [1.54, 1.807) is 0 Å². The lowest BCUT2D eigenvalue weighted by molar-refractivity contribution is -0.122. The third kappa shape index (κ3) is 4.35. The van der Waals surface area contributed by atoms with Gasteiger partial charge >= 0.3 is 0 Å². The van der Waals surface area contributed by atoms with Crippen molar-refractivity contribution >= 4 is 11.6 Å². The first kappa shape index (κ1) is 17.1. The molecule has 122 valence electrons. The largest absolute Gasteiger partial charge is 0.480 e. The smallest absolute Gasteiger partial charge is 0.265 e. The summed E-state index contributed by atoms with van der Waals surface area (Å²) in [6.45, 7) is 10.0. The lowest BCUT2D eigenvalue weighted by Gasteiger charge is -2.19. The van der Waals surface area contributed by atoms with Gasteiger partial charge in [0.25, 0.3) is 5.91 Å². The van der Waals surface area contributed by atoms with Gasteiger partial charge in [-0.3, -0.25) is 4.79 Å². The molecule has 1 N–H and O–H groups in total. The molecule has 0 spiro atoms. The maximum absolute atomic E-state index is 12.5. The number of ether oxygens (including phenoxy) is 1. The van der Waals surface area contributed by atoms with E-state index in [-0.39, 0.29) is 5.91 Å². The van der Waals surface area contributed by atoms with Crippen LogP contribution in [0.2, 0.25) is 0 Å². The number of amides is 1. The molecular weight excluding hydrogens is 286 g/mol. The fraction of sp³-hybridized carbons (Fsp3) is 0.350. The summed E-state index contributed by atoms with van der Waals surface area (Å²) in [4.78, 5) is 12.5. The van der Waals surface area contributed by atoms with Gasteiger partial charge in [-0.2, -0.15) is 0 Å². The van der Waals surface area contributed by atoms with Crippen molar-refractivity contribution in [3.63, 3.8) is 0 Å². The average molecular weight is 311 g/mol. The normalized spacial score (nSPS) is 11.9. The van der Waals surface area contributed by atoms with Crippen molar-refractivity contribution in [1.29, 1.82) is 0 Å². The van der Waals surface area contributed by atoms with E-state index in [1.165, 1.54) is 0 Å². The van der Waals surface area contributed by atoms with E-state index < -0.39 is 6.10 Å². The van der Waals surface area contributed by atoms with Gasteiger partial charge in [0.05, 0.1) is 0 Å². The Bertz CT molecular complexity index is 687. The topological polar surface area (TPSA) is 38.3 Å². The summed E-state index contributed by atoms with van der Waals surface area (Å²) in [5.41, 5.74) is 5.31. The Labute approximate surface area is 138 Å². The van der Waals surface area contributed by atoms with Crippen molar-refractivity contribution < 1.29 is 9.53 Å². The zero-order chi connectivity index (χ0) is 17.0. The predicted molar refractivity (Wildman–Crippen MR) is 95.2 cm³/mol. The molecule has 0 aliphatic carbocycles. The van der Waals surface area contributed by atoms with Gasteiger partial charge in [0, 0.05) is 5.69 Å². The highest BCUT2D eigenvalue weighted by Gasteiger charge is 2.19. The van der Waals surface area contributed by atoms with E-state index in [2.05, 4.69) is 11.4 Å². The highest BCUT2D eigenvalue weighted by molar-refractivity contribution is 5.94. The number of carbonyl (C=O) groups excluding carboxylic acids is 1. The van der Waals surface area contributed by atoms with Crippen LogP contribution in [0.25, 0.3) is 0 Å². The Balaban J connectivity index is 2.13. The van der Waals surface area contributed by atoms with Crippen LogP contribution in [0.5, 0.6) is 5.75 Å². The van der Waals surface area contributed by atoms with E-state index in [0.29, 0.717) is 6.42 Å². The third-order valence-corrected chi connectivity index (χ3v) is 3.98. The van der Waals surface area contributed by atoms with E-state index in [4.69, 9.17) is 4.74 Å². The van der Waals surface area contributed by atoms with Crippen LogP contribution in [-0.2, 0) is 4.79 Å². The zero-order valence-electron chi connectivity index (χ0n) is 14.6. The van der Waals surface area contributed by atoms with Crippen molar-refractivity contribution in [2.75, 3.05) is 5.32 Å². The first-order valence-corrected chi connectivity index (χ1v) is 8.02. The van der Waals surface area contributed by atoms with Gasteiger partial charge in [-0.1, -0.05) is 25.1 Å². The minimum atomic E-state index is -0.503. The molecule has 0 saturated carbocycles. The molecule has 1 amide bonds. The molecule has 0 heterocycles. The third-order valence-electron chi connectivity index (χ3n) is 3.98. The molecule has 0 bridgehead atoms. The van der Waals surface area contributed by atoms with E-state index in [9.17, 15) is 4.79 Å². The zero-order valence-corrected chi connectivity index (χ0v) is 14.6. The van der Waals surface area contributed by atoms with E-state index in [1.807, 2.05) is 65.0 Å². The summed E-state index contributed by atoms with van der Waals surface area (Å²) in [6, 6.07) is 11.9. The number of hydrogen-bond donors (Lipinski definition) is 1. The van der Waals surface area contributed by atoms with Crippen LogP contribution < -0.4 is 10.1 Å². The molecule has 2 rings (SSSR count). The standard InChI is InChI=1S/C20H25NO2/c1-6-18(23-19-9-7-8-15(4)16(19)5)20(22)21-17-11-13(2)10-14(3)12-17/h7-12,18H,6H2,1-5H3,(H,21,22). The Morgan fingerprint density at radius 3 is 2.35 bits per heavy atom. The summed E-state index contributed by atoms with van der Waals surface area (Å²) in [6.07, 6.45) is 0.112. The fourth-order valence-corrected chi connectivity index (χ4v) is 2.60. The Hall–Kier alpha value is -2.29. The van der Waals surface area contributed by atoms with E-state index >= 15 is 0 Å². The van der Waals surface area contributed by atoms with Crippen LogP contribution in [0.3, 0.4) is 0 Å².